The number of halogens is 1. The van der Waals surface area contributed by atoms with Crippen LogP contribution in [0.15, 0.2) is 77.6 Å². The summed E-state index contributed by atoms with van der Waals surface area (Å²) in [6, 6.07) is 21.2. The molecule has 0 aliphatic rings. The van der Waals surface area contributed by atoms with E-state index < -0.39 is 0 Å². The number of aromatic nitrogens is 2. The Hall–Kier alpha value is -3.53. The number of hydrogen-bond acceptors (Lipinski definition) is 2. The smallest absolute Gasteiger partial charge is 0.266 e. The molecule has 1 aromatic heterocycles. The van der Waals surface area contributed by atoms with E-state index in [1.165, 1.54) is 12.1 Å². The van der Waals surface area contributed by atoms with E-state index in [0.717, 1.165) is 16.8 Å². The van der Waals surface area contributed by atoms with Crippen LogP contribution in [0, 0.1) is 12.7 Å². The maximum atomic E-state index is 13.2. The minimum Gasteiger partial charge on any atom is -0.268 e. The standard InChI is InChI=1S/C23H17FN2O/c1-16-6-2-5-9-21(16)26-22(15-12-17-10-13-18(24)14-11-17)25-20-8-4-3-7-19(20)23(26)27/h2-15H,1H3/b15-12-. The van der Waals surface area contributed by atoms with E-state index in [0.29, 0.717) is 16.7 Å². The van der Waals surface area contributed by atoms with Gasteiger partial charge in [-0.25, -0.2) is 9.37 Å². The molecule has 1 heterocycles. The van der Waals surface area contributed by atoms with Crippen LogP contribution in [0.25, 0.3) is 28.7 Å². The van der Waals surface area contributed by atoms with Gasteiger partial charge in [0.1, 0.15) is 11.6 Å². The fourth-order valence-corrected chi connectivity index (χ4v) is 3.05. The summed E-state index contributed by atoms with van der Waals surface area (Å²) in [5.41, 5.74) is 3.13. The maximum Gasteiger partial charge on any atom is 0.266 e. The average molecular weight is 356 g/mol. The Labute approximate surface area is 156 Å². The predicted octanol–water partition coefficient (Wildman–Crippen LogP) is 5.00. The molecule has 0 aliphatic carbocycles. The van der Waals surface area contributed by atoms with E-state index in [4.69, 9.17) is 0 Å². The average Bonchev–Trinajstić information content (AvgIpc) is 2.69. The van der Waals surface area contributed by atoms with E-state index in [1.54, 1.807) is 28.8 Å². The quantitative estimate of drug-likeness (QED) is 0.517. The summed E-state index contributed by atoms with van der Waals surface area (Å²) in [5.74, 6) is 0.241. The Morgan fingerprint density at radius 1 is 0.889 bits per heavy atom. The Kier molecular flexibility index (Phi) is 4.38. The lowest BCUT2D eigenvalue weighted by Gasteiger charge is -2.13. The minimum absolute atomic E-state index is 0.117. The molecule has 0 atom stereocenters. The van der Waals surface area contributed by atoms with E-state index in [2.05, 4.69) is 4.98 Å². The summed E-state index contributed by atoms with van der Waals surface area (Å²) in [5, 5.41) is 0.569. The van der Waals surface area contributed by atoms with Crippen LogP contribution < -0.4 is 5.56 Å². The van der Waals surface area contributed by atoms with Gasteiger partial charge >= 0.3 is 0 Å². The predicted molar refractivity (Wildman–Crippen MR) is 107 cm³/mol. The lowest BCUT2D eigenvalue weighted by atomic mass is 10.1. The number of para-hydroxylation sites is 2. The molecule has 0 radical (unpaired) electrons. The van der Waals surface area contributed by atoms with Gasteiger partial charge in [-0.3, -0.25) is 9.36 Å². The van der Waals surface area contributed by atoms with Gasteiger partial charge in [0.2, 0.25) is 0 Å². The highest BCUT2D eigenvalue weighted by atomic mass is 19.1. The van der Waals surface area contributed by atoms with Crippen molar-refractivity contribution in [1.29, 1.82) is 0 Å². The first kappa shape index (κ1) is 16.9. The molecule has 0 N–H and O–H groups in total. The van der Waals surface area contributed by atoms with Crippen LogP contribution in [-0.2, 0) is 0 Å². The zero-order valence-corrected chi connectivity index (χ0v) is 14.8. The highest BCUT2D eigenvalue weighted by Crippen LogP contribution is 2.18. The van der Waals surface area contributed by atoms with Crippen molar-refractivity contribution in [3.63, 3.8) is 0 Å². The van der Waals surface area contributed by atoms with Crippen LogP contribution in [0.2, 0.25) is 0 Å². The summed E-state index contributed by atoms with van der Waals surface area (Å²) in [6.07, 6.45) is 3.61. The van der Waals surface area contributed by atoms with Crippen LogP contribution in [0.4, 0.5) is 4.39 Å². The molecule has 0 aliphatic heterocycles. The molecule has 132 valence electrons. The fraction of sp³-hybridized carbons (Fsp3) is 0.0435. The minimum atomic E-state index is -0.284. The largest absolute Gasteiger partial charge is 0.268 e. The highest BCUT2D eigenvalue weighted by molar-refractivity contribution is 5.80. The summed E-state index contributed by atoms with van der Waals surface area (Å²) in [4.78, 5) is 17.9. The van der Waals surface area contributed by atoms with Gasteiger partial charge in [-0.1, -0.05) is 48.5 Å². The van der Waals surface area contributed by atoms with E-state index >= 15 is 0 Å². The van der Waals surface area contributed by atoms with Crippen LogP contribution in [0.5, 0.6) is 0 Å². The van der Waals surface area contributed by atoms with E-state index in [1.807, 2.05) is 55.5 Å². The second-order valence-electron chi connectivity index (χ2n) is 6.30. The molecule has 0 bridgehead atoms. The molecule has 4 heteroatoms. The first-order valence-corrected chi connectivity index (χ1v) is 8.65. The van der Waals surface area contributed by atoms with E-state index in [-0.39, 0.29) is 11.4 Å². The van der Waals surface area contributed by atoms with Crippen molar-refractivity contribution in [2.45, 2.75) is 6.92 Å². The van der Waals surface area contributed by atoms with E-state index in [9.17, 15) is 9.18 Å². The first-order valence-electron chi connectivity index (χ1n) is 8.65. The van der Waals surface area contributed by atoms with Crippen molar-refractivity contribution in [1.82, 2.24) is 9.55 Å². The fourth-order valence-electron chi connectivity index (χ4n) is 3.05. The maximum absolute atomic E-state index is 13.2. The summed E-state index contributed by atoms with van der Waals surface area (Å²) < 4.78 is 14.7. The molecule has 0 saturated heterocycles. The lowest BCUT2D eigenvalue weighted by Crippen LogP contribution is -2.23. The molecular formula is C23H17FN2O. The van der Waals surface area contributed by atoms with Crippen LogP contribution in [-0.4, -0.2) is 9.55 Å². The monoisotopic (exact) mass is 356 g/mol. The van der Waals surface area contributed by atoms with Crippen molar-refractivity contribution >= 4 is 23.1 Å². The Bertz CT molecular complexity index is 1210. The Morgan fingerprint density at radius 3 is 2.37 bits per heavy atom. The number of rotatable bonds is 3. The van der Waals surface area contributed by atoms with Crippen LogP contribution in [0.1, 0.15) is 17.0 Å². The van der Waals surface area contributed by atoms with Crippen molar-refractivity contribution < 1.29 is 4.39 Å². The molecular weight excluding hydrogens is 339 g/mol. The molecule has 0 spiro atoms. The SMILES string of the molecule is Cc1ccccc1-n1c(/C=C\c2ccc(F)cc2)nc2ccccc2c1=O. The topological polar surface area (TPSA) is 34.9 Å². The third-order valence-electron chi connectivity index (χ3n) is 4.45. The number of nitrogens with zero attached hydrogens (tertiary/aromatic N) is 2. The molecule has 3 aromatic carbocycles. The van der Waals surface area contributed by atoms with Crippen LogP contribution >= 0.6 is 0 Å². The third-order valence-corrected chi connectivity index (χ3v) is 4.45. The molecule has 0 saturated carbocycles. The molecule has 27 heavy (non-hydrogen) atoms. The molecule has 0 fully saturated rings. The second kappa shape index (κ2) is 7.00. The van der Waals surface area contributed by atoms with Gasteiger partial charge in [0.15, 0.2) is 0 Å². The van der Waals surface area contributed by atoms with Gasteiger partial charge in [-0.05, 0) is 54.5 Å². The second-order valence-corrected chi connectivity index (χ2v) is 6.30. The summed E-state index contributed by atoms with van der Waals surface area (Å²) >= 11 is 0. The lowest BCUT2D eigenvalue weighted by molar-refractivity contribution is 0.628. The highest BCUT2D eigenvalue weighted by Gasteiger charge is 2.12. The van der Waals surface area contributed by atoms with Crippen molar-refractivity contribution in [2.24, 2.45) is 0 Å². The van der Waals surface area contributed by atoms with Gasteiger partial charge in [-0.15, -0.1) is 0 Å². The first-order chi connectivity index (χ1) is 13.1. The molecule has 4 aromatic rings. The van der Waals surface area contributed by atoms with Crippen molar-refractivity contribution in [3.05, 3.63) is 106 Å². The van der Waals surface area contributed by atoms with Gasteiger partial charge in [-0.2, -0.15) is 0 Å². The Morgan fingerprint density at radius 2 is 1.59 bits per heavy atom. The van der Waals surface area contributed by atoms with Gasteiger partial charge < -0.3 is 0 Å². The number of fused-ring (bicyclic) bond motifs is 1. The molecule has 3 nitrogen and oxygen atoms in total. The van der Waals surface area contributed by atoms with Gasteiger partial charge in [0.05, 0.1) is 16.6 Å². The Balaban J connectivity index is 1.95. The normalized spacial score (nSPS) is 11.3. The zero-order valence-electron chi connectivity index (χ0n) is 14.8. The van der Waals surface area contributed by atoms with Gasteiger partial charge in [0, 0.05) is 0 Å². The van der Waals surface area contributed by atoms with Gasteiger partial charge in [0.25, 0.3) is 5.56 Å². The number of hydrogen-bond donors (Lipinski definition) is 0. The summed E-state index contributed by atoms with van der Waals surface area (Å²) in [6.45, 7) is 1.96. The number of aryl methyl sites for hydroxylation is 1. The van der Waals surface area contributed by atoms with Crippen molar-refractivity contribution in [3.8, 4) is 5.69 Å². The van der Waals surface area contributed by atoms with Crippen LogP contribution in [0.3, 0.4) is 0 Å². The molecule has 0 amide bonds. The zero-order chi connectivity index (χ0) is 18.8. The van der Waals surface area contributed by atoms with Crippen molar-refractivity contribution in [2.75, 3.05) is 0 Å². The number of benzene rings is 3. The summed E-state index contributed by atoms with van der Waals surface area (Å²) in [7, 11) is 0. The molecule has 0 unspecified atom stereocenters. The third kappa shape index (κ3) is 3.29. The molecule has 4 rings (SSSR count).